The van der Waals surface area contributed by atoms with E-state index in [4.69, 9.17) is 4.74 Å². The number of ether oxygens (including phenoxy) is 1. The van der Waals surface area contributed by atoms with Crippen LogP contribution >= 0.6 is 0 Å². The lowest BCUT2D eigenvalue weighted by molar-refractivity contribution is -0.161. The number of Topliss-reactive ketones (excluding diaryl/α,β-unsaturated/α-hetero) is 1. The van der Waals surface area contributed by atoms with E-state index in [2.05, 4.69) is 13.8 Å². The van der Waals surface area contributed by atoms with Crippen molar-refractivity contribution in [3.8, 4) is 0 Å². The van der Waals surface area contributed by atoms with E-state index < -0.39 is 0 Å². The first kappa shape index (κ1) is 11.7. The van der Waals surface area contributed by atoms with Gasteiger partial charge in [-0.05, 0) is 12.8 Å². The molecule has 0 N–H and O–H groups in total. The van der Waals surface area contributed by atoms with Crippen molar-refractivity contribution in [1.29, 1.82) is 0 Å². The lowest BCUT2D eigenvalue weighted by Crippen LogP contribution is -2.53. The molecule has 1 fully saturated rings. The third-order valence-corrected chi connectivity index (χ3v) is 3.52. The number of hydrogen-bond donors (Lipinski definition) is 0. The normalized spacial score (nSPS) is 31.6. The minimum Gasteiger partial charge on any atom is -0.377 e. The molecule has 0 heterocycles. The van der Waals surface area contributed by atoms with Crippen molar-refractivity contribution in [2.24, 2.45) is 5.41 Å². The molecule has 2 unspecified atom stereocenters. The van der Waals surface area contributed by atoms with Crippen LogP contribution in [0.5, 0.6) is 0 Å². The van der Waals surface area contributed by atoms with E-state index in [0.717, 1.165) is 19.4 Å². The van der Waals surface area contributed by atoms with Crippen molar-refractivity contribution in [2.75, 3.05) is 6.61 Å². The SMILES string of the molecule is CCCCCOC1CC(=O)C1(C)CC. The summed E-state index contributed by atoms with van der Waals surface area (Å²) >= 11 is 0. The molecule has 0 aliphatic heterocycles. The maximum atomic E-state index is 11.4. The fourth-order valence-electron chi connectivity index (χ4n) is 1.92. The summed E-state index contributed by atoms with van der Waals surface area (Å²) in [5, 5.41) is 0. The van der Waals surface area contributed by atoms with Crippen LogP contribution in [0.25, 0.3) is 0 Å². The topological polar surface area (TPSA) is 26.3 Å². The van der Waals surface area contributed by atoms with E-state index in [0.29, 0.717) is 12.2 Å². The van der Waals surface area contributed by atoms with Gasteiger partial charge in [0, 0.05) is 13.0 Å². The third-order valence-electron chi connectivity index (χ3n) is 3.52. The molecule has 1 aliphatic rings. The van der Waals surface area contributed by atoms with Gasteiger partial charge >= 0.3 is 0 Å². The van der Waals surface area contributed by atoms with E-state index in [1.165, 1.54) is 12.8 Å². The summed E-state index contributed by atoms with van der Waals surface area (Å²) in [6.07, 6.45) is 5.31. The third kappa shape index (κ3) is 2.17. The van der Waals surface area contributed by atoms with Gasteiger partial charge in [-0.3, -0.25) is 4.79 Å². The van der Waals surface area contributed by atoms with Crippen LogP contribution in [-0.4, -0.2) is 18.5 Å². The zero-order chi connectivity index (χ0) is 10.6. The smallest absolute Gasteiger partial charge is 0.143 e. The summed E-state index contributed by atoms with van der Waals surface area (Å²) in [6, 6.07) is 0. The van der Waals surface area contributed by atoms with Gasteiger partial charge in [-0.25, -0.2) is 0 Å². The van der Waals surface area contributed by atoms with Crippen LogP contribution in [0.4, 0.5) is 0 Å². The van der Waals surface area contributed by atoms with Gasteiger partial charge in [-0.1, -0.05) is 33.6 Å². The van der Waals surface area contributed by atoms with Gasteiger partial charge in [0.25, 0.3) is 0 Å². The fourth-order valence-corrected chi connectivity index (χ4v) is 1.92. The van der Waals surface area contributed by atoms with Crippen LogP contribution in [-0.2, 0) is 9.53 Å². The highest BCUT2D eigenvalue weighted by Crippen LogP contribution is 2.42. The summed E-state index contributed by atoms with van der Waals surface area (Å²) in [7, 11) is 0. The maximum Gasteiger partial charge on any atom is 0.143 e. The Hall–Kier alpha value is -0.370. The molecule has 1 saturated carbocycles. The average Bonchev–Trinajstić information content (AvgIpc) is 2.21. The quantitative estimate of drug-likeness (QED) is 0.613. The molecule has 0 aromatic rings. The molecule has 2 nitrogen and oxygen atoms in total. The average molecular weight is 198 g/mol. The lowest BCUT2D eigenvalue weighted by atomic mass is 9.64. The Labute approximate surface area is 87.0 Å². The molecule has 0 radical (unpaired) electrons. The minimum atomic E-state index is -0.174. The van der Waals surface area contributed by atoms with Crippen molar-refractivity contribution in [1.82, 2.24) is 0 Å². The van der Waals surface area contributed by atoms with Crippen molar-refractivity contribution >= 4 is 5.78 Å². The molecule has 1 aliphatic carbocycles. The zero-order valence-corrected chi connectivity index (χ0v) is 9.64. The molecule has 0 spiro atoms. The summed E-state index contributed by atoms with van der Waals surface area (Å²) in [5.41, 5.74) is -0.174. The maximum absolute atomic E-state index is 11.4. The molecular weight excluding hydrogens is 176 g/mol. The lowest BCUT2D eigenvalue weighted by Gasteiger charge is -2.44. The summed E-state index contributed by atoms with van der Waals surface area (Å²) in [6.45, 7) is 7.10. The van der Waals surface area contributed by atoms with Crippen LogP contribution < -0.4 is 0 Å². The number of hydrogen-bond acceptors (Lipinski definition) is 2. The van der Waals surface area contributed by atoms with Crippen molar-refractivity contribution in [2.45, 2.75) is 59.0 Å². The Morgan fingerprint density at radius 3 is 2.64 bits per heavy atom. The van der Waals surface area contributed by atoms with E-state index in [9.17, 15) is 4.79 Å². The van der Waals surface area contributed by atoms with Crippen molar-refractivity contribution in [3.63, 3.8) is 0 Å². The molecule has 0 amide bonds. The van der Waals surface area contributed by atoms with Gasteiger partial charge in [0.2, 0.25) is 0 Å². The highest BCUT2D eigenvalue weighted by Gasteiger charge is 2.50. The van der Waals surface area contributed by atoms with Crippen LogP contribution in [0, 0.1) is 5.41 Å². The Balaban J connectivity index is 2.23. The van der Waals surface area contributed by atoms with Crippen LogP contribution in [0.2, 0.25) is 0 Å². The second-order valence-corrected chi connectivity index (χ2v) is 4.46. The number of unbranched alkanes of at least 4 members (excludes halogenated alkanes) is 2. The first-order valence-corrected chi connectivity index (χ1v) is 5.80. The highest BCUT2D eigenvalue weighted by molar-refractivity contribution is 5.91. The first-order valence-electron chi connectivity index (χ1n) is 5.80. The Morgan fingerprint density at radius 1 is 1.43 bits per heavy atom. The second kappa shape index (κ2) is 4.92. The summed E-state index contributed by atoms with van der Waals surface area (Å²) < 4.78 is 5.74. The molecule has 1 rings (SSSR count). The van der Waals surface area contributed by atoms with E-state index in [1.807, 2.05) is 6.92 Å². The molecule has 14 heavy (non-hydrogen) atoms. The summed E-state index contributed by atoms with van der Waals surface area (Å²) in [5.74, 6) is 0.375. The van der Waals surface area contributed by atoms with Gasteiger partial charge in [-0.15, -0.1) is 0 Å². The first-order chi connectivity index (χ1) is 6.65. The minimum absolute atomic E-state index is 0.174. The zero-order valence-electron chi connectivity index (χ0n) is 9.64. The predicted molar refractivity (Wildman–Crippen MR) is 57.3 cm³/mol. The number of carbonyl (C=O) groups is 1. The van der Waals surface area contributed by atoms with Gasteiger partial charge in [0.1, 0.15) is 5.78 Å². The monoisotopic (exact) mass is 198 g/mol. The Bertz CT molecular complexity index is 200. The predicted octanol–water partition coefficient (Wildman–Crippen LogP) is 2.95. The van der Waals surface area contributed by atoms with E-state index >= 15 is 0 Å². The Morgan fingerprint density at radius 2 is 2.14 bits per heavy atom. The number of rotatable bonds is 6. The van der Waals surface area contributed by atoms with Gasteiger partial charge in [0.15, 0.2) is 0 Å². The van der Waals surface area contributed by atoms with Gasteiger partial charge in [-0.2, -0.15) is 0 Å². The van der Waals surface area contributed by atoms with Gasteiger partial charge < -0.3 is 4.74 Å². The summed E-state index contributed by atoms with van der Waals surface area (Å²) in [4.78, 5) is 11.4. The molecule has 0 aromatic heterocycles. The second-order valence-electron chi connectivity index (χ2n) is 4.46. The molecular formula is C12H22O2. The molecule has 0 saturated heterocycles. The number of carbonyl (C=O) groups excluding carboxylic acids is 1. The van der Waals surface area contributed by atoms with Crippen LogP contribution in [0.1, 0.15) is 52.9 Å². The molecule has 2 atom stereocenters. The highest BCUT2D eigenvalue weighted by atomic mass is 16.5. The standard InChI is InChI=1S/C12H22O2/c1-4-6-7-8-14-11-9-10(13)12(11,3)5-2/h11H,4-9H2,1-3H3. The molecule has 2 heteroatoms. The van der Waals surface area contributed by atoms with Crippen molar-refractivity contribution < 1.29 is 9.53 Å². The van der Waals surface area contributed by atoms with E-state index in [1.54, 1.807) is 0 Å². The molecule has 0 aromatic carbocycles. The van der Waals surface area contributed by atoms with Crippen LogP contribution in [0.15, 0.2) is 0 Å². The van der Waals surface area contributed by atoms with Gasteiger partial charge in [0.05, 0.1) is 11.5 Å². The molecule has 0 bridgehead atoms. The number of ketones is 1. The van der Waals surface area contributed by atoms with Crippen molar-refractivity contribution in [3.05, 3.63) is 0 Å². The largest absolute Gasteiger partial charge is 0.377 e. The van der Waals surface area contributed by atoms with Crippen LogP contribution in [0.3, 0.4) is 0 Å². The fraction of sp³-hybridized carbons (Fsp3) is 0.917. The molecule has 82 valence electrons. The Kier molecular flexibility index (Phi) is 4.11. The van der Waals surface area contributed by atoms with E-state index in [-0.39, 0.29) is 11.5 Å².